The van der Waals surface area contributed by atoms with E-state index in [0.29, 0.717) is 30.2 Å². The van der Waals surface area contributed by atoms with E-state index in [4.69, 9.17) is 14.2 Å². The van der Waals surface area contributed by atoms with Gasteiger partial charge in [-0.3, -0.25) is 0 Å². The van der Waals surface area contributed by atoms with Crippen molar-refractivity contribution in [2.45, 2.75) is 48.8 Å². The minimum Gasteiger partial charge on any atom is -0.382 e. The minimum atomic E-state index is 0.223. The number of methoxy groups -OCH3 is 1. The molecule has 0 aromatic carbocycles. The van der Waals surface area contributed by atoms with Gasteiger partial charge >= 0.3 is 0 Å². The van der Waals surface area contributed by atoms with Crippen LogP contribution in [0.3, 0.4) is 0 Å². The zero-order valence-electron chi connectivity index (χ0n) is 9.15. The van der Waals surface area contributed by atoms with Crippen LogP contribution in [0, 0.1) is 0 Å². The van der Waals surface area contributed by atoms with E-state index >= 15 is 0 Å². The van der Waals surface area contributed by atoms with Crippen molar-refractivity contribution in [3.05, 3.63) is 0 Å². The normalized spacial score (nSPS) is 36.0. The van der Waals surface area contributed by atoms with E-state index in [0.717, 1.165) is 6.42 Å². The van der Waals surface area contributed by atoms with E-state index in [2.05, 4.69) is 15.9 Å². The maximum absolute atomic E-state index is 5.94. The van der Waals surface area contributed by atoms with E-state index in [1.54, 1.807) is 7.11 Å². The van der Waals surface area contributed by atoms with Crippen LogP contribution in [-0.4, -0.2) is 43.5 Å². The Balaban J connectivity index is 1.65. The highest BCUT2D eigenvalue weighted by molar-refractivity contribution is 9.09. The molecule has 2 aliphatic rings. The lowest BCUT2D eigenvalue weighted by molar-refractivity contribution is -0.163. The second kappa shape index (κ2) is 5.62. The highest BCUT2D eigenvalue weighted by Gasteiger charge is 2.43. The second-order valence-electron chi connectivity index (χ2n) is 4.31. The van der Waals surface area contributed by atoms with E-state index in [1.807, 2.05) is 0 Å². The number of hydrogen-bond donors (Lipinski definition) is 0. The quantitative estimate of drug-likeness (QED) is 0.550. The third kappa shape index (κ3) is 2.93. The Morgan fingerprint density at radius 2 is 2.07 bits per heavy atom. The van der Waals surface area contributed by atoms with Gasteiger partial charge in [-0.05, 0) is 25.7 Å². The van der Waals surface area contributed by atoms with Gasteiger partial charge in [0.05, 0.1) is 31.5 Å². The molecule has 0 N–H and O–H groups in total. The molecule has 0 radical (unpaired) electrons. The first kappa shape index (κ1) is 11.8. The molecule has 0 saturated heterocycles. The fourth-order valence-corrected chi connectivity index (χ4v) is 2.76. The lowest BCUT2D eigenvalue weighted by Gasteiger charge is -2.44. The topological polar surface area (TPSA) is 27.7 Å². The fourth-order valence-electron chi connectivity index (χ4n) is 1.89. The van der Waals surface area contributed by atoms with Gasteiger partial charge in [0.1, 0.15) is 0 Å². The van der Waals surface area contributed by atoms with Gasteiger partial charge in [-0.2, -0.15) is 0 Å². The van der Waals surface area contributed by atoms with Crippen molar-refractivity contribution >= 4 is 15.9 Å². The Kier molecular flexibility index (Phi) is 4.43. The Hall–Kier alpha value is 0.360. The number of hydrogen-bond acceptors (Lipinski definition) is 3. The Labute approximate surface area is 99.6 Å². The molecule has 0 aliphatic heterocycles. The van der Waals surface area contributed by atoms with Crippen LogP contribution in [0.2, 0.25) is 0 Å². The van der Waals surface area contributed by atoms with Gasteiger partial charge < -0.3 is 14.2 Å². The molecule has 15 heavy (non-hydrogen) atoms. The zero-order chi connectivity index (χ0) is 10.7. The Bertz CT molecular complexity index is 196. The monoisotopic (exact) mass is 278 g/mol. The molecule has 0 bridgehead atoms. The molecule has 88 valence electrons. The predicted octanol–water partition coefficient (Wildman–Crippen LogP) is 2.12. The third-order valence-electron chi connectivity index (χ3n) is 3.20. The molecule has 2 saturated carbocycles. The van der Waals surface area contributed by atoms with Crippen LogP contribution in [0.1, 0.15) is 25.7 Å². The standard InChI is InChI=1S/C11H19BrO3/c1-13-5-6-14-11-9(12)7-10(11)15-8-3-2-4-8/h8-11H,2-7H2,1H3. The van der Waals surface area contributed by atoms with Crippen LogP contribution in [-0.2, 0) is 14.2 Å². The molecule has 0 amide bonds. The zero-order valence-corrected chi connectivity index (χ0v) is 10.7. The number of ether oxygens (including phenoxy) is 3. The van der Waals surface area contributed by atoms with E-state index in [1.165, 1.54) is 19.3 Å². The van der Waals surface area contributed by atoms with E-state index < -0.39 is 0 Å². The Morgan fingerprint density at radius 3 is 2.60 bits per heavy atom. The maximum atomic E-state index is 5.94. The van der Waals surface area contributed by atoms with Crippen LogP contribution >= 0.6 is 15.9 Å². The van der Waals surface area contributed by atoms with Crippen molar-refractivity contribution in [3.63, 3.8) is 0 Å². The summed E-state index contributed by atoms with van der Waals surface area (Å²) >= 11 is 3.60. The van der Waals surface area contributed by atoms with Crippen molar-refractivity contribution in [2.75, 3.05) is 20.3 Å². The smallest absolute Gasteiger partial charge is 0.0963 e. The maximum Gasteiger partial charge on any atom is 0.0963 e. The molecule has 0 aromatic heterocycles. The van der Waals surface area contributed by atoms with Gasteiger partial charge in [-0.1, -0.05) is 15.9 Å². The minimum absolute atomic E-state index is 0.223. The first-order valence-corrected chi connectivity index (χ1v) is 6.63. The summed E-state index contributed by atoms with van der Waals surface area (Å²) < 4.78 is 16.6. The van der Waals surface area contributed by atoms with Crippen LogP contribution in [0.15, 0.2) is 0 Å². The third-order valence-corrected chi connectivity index (χ3v) is 4.09. The Morgan fingerprint density at radius 1 is 1.27 bits per heavy atom. The molecule has 3 atom stereocenters. The molecular weight excluding hydrogens is 260 g/mol. The number of rotatable bonds is 6. The van der Waals surface area contributed by atoms with Crippen LogP contribution < -0.4 is 0 Å². The van der Waals surface area contributed by atoms with Gasteiger partial charge in [-0.15, -0.1) is 0 Å². The van der Waals surface area contributed by atoms with Gasteiger partial charge in [0, 0.05) is 11.9 Å². The van der Waals surface area contributed by atoms with Crippen molar-refractivity contribution < 1.29 is 14.2 Å². The van der Waals surface area contributed by atoms with Crippen LogP contribution in [0.4, 0.5) is 0 Å². The predicted molar refractivity (Wildman–Crippen MR) is 61.5 cm³/mol. The van der Waals surface area contributed by atoms with E-state index in [9.17, 15) is 0 Å². The van der Waals surface area contributed by atoms with Crippen LogP contribution in [0.5, 0.6) is 0 Å². The van der Waals surface area contributed by atoms with Crippen LogP contribution in [0.25, 0.3) is 0 Å². The number of halogens is 1. The SMILES string of the molecule is COCCOC1C(Br)CC1OC1CCC1. The fraction of sp³-hybridized carbons (Fsp3) is 1.00. The van der Waals surface area contributed by atoms with Gasteiger partial charge in [0.15, 0.2) is 0 Å². The number of alkyl halides is 1. The van der Waals surface area contributed by atoms with Gasteiger partial charge in [0.2, 0.25) is 0 Å². The molecule has 3 nitrogen and oxygen atoms in total. The first-order chi connectivity index (χ1) is 7.31. The molecule has 2 rings (SSSR count). The summed E-state index contributed by atoms with van der Waals surface area (Å²) in [6, 6.07) is 0. The largest absolute Gasteiger partial charge is 0.382 e. The molecular formula is C11H19BrO3. The first-order valence-electron chi connectivity index (χ1n) is 5.71. The van der Waals surface area contributed by atoms with E-state index in [-0.39, 0.29) is 6.10 Å². The molecule has 2 fully saturated rings. The molecule has 0 heterocycles. The second-order valence-corrected chi connectivity index (χ2v) is 5.48. The van der Waals surface area contributed by atoms with Gasteiger partial charge in [-0.25, -0.2) is 0 Å². The summed E-state index contributed by atoms with van der Waals surface area (Å²) in [4.78, 5) is 0.458. The summed E-state index contributed by atoms with van der Waals surface area (Å²) in [6.45, 7) is 1.32. The highest BCUT2D eigenvalue weighted by atomic mass is 79.9. The molecule has 3 unspecified atom stereocenters. The average Bonchev–Trinajstić information content (AvgIpc) is 2.16. The highest BCUT2D eigenvalue weighted by Crippen LogP contribution is 2.36. The summed E-state index contributed by atoms with van der Waals surface area (Å²) in [5.74, 6) is 0. The molecule has 0 aromatic rings. The van der Waals surface area contributed by atoms with Crippen molar-refractivity contribution in [1.82, 2.24) is 0 Å². The van der Waals surface area contributed by atoms with Crippen molar-refractivity contribution in [3.8, 4) is 0 Å². The summed E-state index contributed by atoms with van der Waals surface area (Å²) in [5.41, 5.74) is 0. The van der Waals surface area contributed by atoms with Crippen molar-refractivity contribution in [1.29, 1.82) is 0 Å². The molecule has 2 aliphatic carbocycles. The lowest BCUT2D eigenvalue weighted by atomic mass is 9.89. The van der Waals surface area contributed by atoms with Gasteiger partial charge in [0.25, 0.3) is 0 Å². The molecule has 4 heteroatoms. The summed E-state index contributed by atoms with van der Waals surface area (Å²) in [6.07, 6.45) is 5.89. The summed E-state index contributed by atoms with van der Waals surface area (Å²) in [7, 11) is 1.69. The van der Waals surface area contributed by atoms with Crippen molar-refractivity contribution in [2.24, 2.45) is 0 Å². The average molecular weight is 279 g/mol. The summed E-state index contributed by atoms with van der Waals surface area (Å²) in [5, 5.41) is 0. The molecule has 0 spiro atoms. The lowest BCUT2D eigenvalue weighted by Crippen LogP contribution is -2.53.